The first kappa shape index (κ1) is 20.3. The van der Waals surface area contributed by atoms with Crippen molar-refractivity contribution < 1.29 is 28.3 Å². The maximum absolute atomic E-state index is 12.3. The molecule has 3 aromatic rings. The Morgan fingerprint density at radius 3 is 2.34 bits per heavy atom. The number of ether oxygens (including phenoxy) is 2. The first-order chi connectivity index (χ1) is 14.0. The van der Waals surface area contributed by atoms with Crippen molar-refractivity contribution in [1.82, 2.24) is 0 Å². The molecular weight excluding hydrogens is 372 g/mol. The topological polar surface area (TPSA) is 82.8 Å². The van der Waals surface area contributed by atoms with Crippen LogP contribution in [-0.4, -0.2) is 30.7 Å². The lowest BCUT2D eigenvalue weighted by Gasteiger charge is -2.05. The molecule has 0 atom stereocenters. The van der Waals surface area contributed by atoms with Gasteiger partial charge in [0.1, 0.15) is 11.3 Å². The monoisotopic (exact) mass is 394 g/mol. The molecule has 0 spiro atoms. The van der Waals surface area contributed by atoms with E-state index in [9.17, 15) is 14.4 Å². The number of hydrogen-bond acceptors (Lipinski definition) is 6. The van der Waals surface area contributed by atoms with Crippen molar-refractivity contribution in [3.8, 4) is 5.75 Å². The van der Waals surface area contributed by atoms with Crippen LogP contribution in [0.3, 0.4) is 0 Å². The Labute approximate surface area is 168 Å². The second-order valence-electron chi connectivity index (χ2n) is 6.52. The largest absolute Gasteiger partial charge is 0.494 e. The Morgan fingerprint density at radius 1 is 0.931 bits per heavy atom. The Balaban J connectivity index is 1.49. The summed E-state index contributed by atoms with van der Waals surface area (Å²) in [6, 6.07) is 14.1. The molecule has 0 amide bonds. The highest BCUT2D eigenvalue weighted by Gasteiger charge is 2.19. The Morgan fingerprint density at radius 2 is 1.66 bits per heavy atom. The van der Waals surface area contributed by atoms with E-state index in [-0.39, 0.29) is 24.4 Å². The van der Waals surface area contributed by atoms with Crippen LogP contribution in [0.2, 0.25) is 0 Å². The predicted octanol–water partition coefficient (Wildman–Crippen LogP) is 4.53. The van der Waals surface area contributed by atoms with Gasteiger partial charge in [0, 0.05) is 22.9 Å². The smallest absolute Gasteiger partial charge is 0.306 e. The van der Waals surface area contributed by atoms with Crippen LogP contribution in [0.15, 0.2) is 52.9 Å². The number of rotatable bonds is 9. The average molecular weight is 394 g/mol. The number of hydrogen-bond donors (Lipinski definition) is 0. The summed E-state index contributed by atoms with van der Waals surface area (Å²) >= 11 is 0. The SMILES string of the molecule is CCOc1ccc(C(=O)CCC(=O)OCC(=O)c2oc3ccccc3c2C)cc1. The van der Waals surface area contributed by atoms with Gasteiger partial charge in [-0.2, -0.15) is 0 Å². The number of ketones is 2. The van der Waals surface area contributed by atoms with Crippen molar-refractivity contribution in [2.24, 2.45) is 0 Å². The zero-order valence-electron chi connectivity index (χ0n) is 16.4. The number of Topliss-reactive ketones (excluding diaryl/α,β-unsaturated/α-hetero) is 2. The third-order valence-electron chi connectivity index (χ3n) is 4.50. The molecule has 150 valence electrons. The van der Waals surface area contributed by atoms with Crippen molar-refractivity contribution in [3.63, 3.8) is 0 Å². The fourth-order valence-corrected chi connectivity index (χ4v) is 2.99. The van der Waals surface area contributed by atoms with Gasteiger partial charge in [-0.15, -0.1) is 0 Å². The fraction of sp³-hybridized carbons (Fsp3) is 0.261. The number of benzene rings is 2. The second-order valence-corrected chi connectivity index (χ2v) is 6.52. The van der Waals surface area contributed by atoms with Gasteiger partial charge in [0.15, 0.2) is 18.2 Å². The normalized spacial score (nSPS) is 10.7. The van der Waals surface area contributed by atoms with E-state index < -0.39 is 18.4 Å². The van der Waals surface area contributed by atoms with Crippen LogP contribution in [0.5, 0.6) is 5.75 Å². The van der Waals surface area contributed by atoms with Crippen molar-refractivity contribution >= 4 is 28.5 Å². The molecule has 29 heavy (non-hydrogen) atoms. The van der Waals surface area contributed by atoms with E-state index in [0.717, 1.165) is 5.39 Å². The molecule has 1 aromatic heterocycles. The van der Waals surface area contributed by atoms with Gasteiger partial charge in [0.05, 0.1) is 13.0 Å². The van der Waals surface area contributed by atoms with Crippen LogP contribution in [0.25, 0.3) is 11.0 Å². The molecule has 0 aliphatic rings. The Kier molecular flexibility index (Phi) is 6.44. The van der Waals surface area contributed by atoms with E-state index in [1.165, 1.54) is 0 Å². The molecular formula is C23H22O6. The Bertz CT molecular complexity index is 1030. The molecule has 3 rings (SSSR count). The average Bonchev–Trinajstić information content (AvgIpc) is 3.08. The van der Waals surface area contributed by atoms with Crippen LogP contribution >= 0.6 is 0 Å². The molecule has 0 aliphatic heterocycles. The highest BCUT2D eigenvalue weighted by molar-refractivity contribution is 6.02. The maximum atomic E-state index is 12.3. The molecule has 0 N–H and O–H groups in total. The third-order valence-corrected chi connectivity index (χ3v) is 4.50. The van der Waals surface area contributed by atoms with E-state index in [1.54, 1.807) is 37.3 Å². The van der Waals surface area contributed by atoms with E-state index in [1.807, 2.05) is 25.1 Å². The van der Waals surface area contributed by atoms with Crippen molar-refractivity contribution in [3.05, 3.63) is 65.4 Å². The van der Waals surface area contributed by atoms with Crippen LogP contribution < -0.4 is 4.74 Å². The third kappa shape index (κ3) is 4.90. The van der Waals surface area contributed by atoms with Crippen LogP contribution in [0.1, 0.15) is 46.2 Å². The minimum absolute atomic E-state index is 0.00463. The number of aryl methyl sites for hydroxylation is 1. The summed E-state index contributed by atoms with van der Waals surface area (Å²) in [5.74, 6) is -0.326. The van der Waals surface area contributed by atoms with Gasteiger partial charge < -0.3 is 13.9 Å². The van der Waals surface area contributed by atoms with E-state index in [4.69, 9.17) is 13.9 Å². The molecule has 0 saturated heterocycles. The van der Waals surface area contributed by atoms with Gasteiger partial charge in [0.25, 0.3) is 0 Å². The highest BCUT2D eigenvalue weighted by Crippen LogP contribution is 2.25. The zero-order valence-corrected chi connectivity index (χ0v) is 16.4. The molecule has 1 heterocycles. The lowest BCUT2D eigenvalue weighted by molar-refractivity contribution is -0.142. The van der Waals surface area contributed by atoms with Gasteiger partial charge in [-0.3, -0.25) is 14.4 Å². The molecule has 0 bridgehead atoms. The summed E-state index contributed by atoms with van der Waals surface area (Å²) in [5.41, 5.74) is 1.82. The minimum Gasteiger partial charge on any atom is -0.494 e. The van der Waals surface area contributed by atoms with Crippen LogP contribution in [0.4, 0.5) is 0 Å². The van der Waals surface area contributed by atoms with Crippen molar-refractivity contribution in [1.29, 1.82) is 0 Å². The number of esters is 1. The van der Waals surface area contributed by atoms with Crippen LogP contribution in [0, 0.1) is 6.92 Å². The second kappa shape index (κ2) is 9.19. The molecule has 6 heteroatoms. The Hall–Kier alpha value is -3.41. The summed E-state index contributed by atoms with van der Waals surface area (Å²) in [7, 11) is 0. The summed E-state index contributed by atoms with van der Waals surface area (Å²) in [4.78, 5) is 36.5. The van der Waals surface area contributed by atoms with Crippen molar-refractivity contribution in [2.45, 2.75) is 26.7 Å². The molecule has 6 nitrogen and oxygen atoms in total. The van der Waals surface area contributed by atoms with Gasteiger partial charge in [-0.05, 0) is 44.2 Å². The molecule has 2 aromatic carbocycles. The van der Waals surface area contributed by atoms with Crippen molar-refractivity contribution in [2.75, 3.05) is 13.2 Å². The number of carbonyl (C=O) groups is 3. The quantitative estimate of drug-likeness (QED) is 0.392. The van der Waals surface area contributed by atoms with E-state index >= 15 is 0 Å². The zero-order chi connectivity index (χ0) is 20.8. The summed E-state index contributed by atoms with van der Waals surface area (Å²) in [6.07, 6.45) is -0.0941. The molecule has 0 fully saturated rings. The number of para-hydroxylation sites is 1. The number of fused-ring (bicyclic) bond motifs is 1. The lowest BCUT2D eigenvalue weighted by atomic mass is 10.1. The standard InChI is InChI=1S/C23H22O6/c1-3-27-17-10-8-16(9-11-17)19(24)12-13-22(26)28-14-20(25)23-15(2)18-6-4-5-7-21(18)29-23/h4-11H,3,12-14H2,1-2H3. The van der Waals surface area contributed by atoms with Gasteiger partial charge >= 0.3 is 5.97 Å². The van der Waals surface area contributed by atoms with E-state index in [0.29, 0.717) is 29.1 Å². The van der Waals surface area contributed by atoms with Gasteiger partial charge in [-0.25, -0.2) is 0 Å². The highest BCUT2D eigenvalue weighted by atomic mass is 16.5. The summed E-state index contributed by atoms with van der Waals surface area (Å²) in [6.45, 7) is 3.80. The molecule has 0 radical (unpaired) electrons. The summed E-state index contributed by atoms with van der Waals surface area (Å²) < 4.78 is 15.9. The first-order valence-electron chi connectivity index (χ1n) is 9.42. The minimum atomic E-state index is -0.605. The molecule has 0 unspecified atom stereocenters. The maximum Gasteiger partial charge on any atom is 0.306 e. The first-order valence-corrected chi connectivity index (χ1v) is 9.42. The number of carbonyl (C=O) groups excluding carboxylic acids is 3. The van der Waals surface area contributed by atoms with Gasteiger partial charge in [-0.1, -0.05) is 18.2 Å². The molecule has 0 saturated carbocycles. The predicted molar refractivity (Wildman–Crippen MR) is 107 cm³/mol. The lowest BCUT2D eigenvalue weighted by Crippen LogP contribution is -2.15. The summed E-state index contributed by atoms with van der Waals surface area (Å²) in [5, 5.41) is 0.850. The molecule has 0 aliphatic carbocycles. The fourth-order valence-electron chi connectivity index (χ4n) is 2.99. The van der Waals surface area contributed by atoms with Gasteiger partial charge in [0.2, 0.25) is 5.78 Å². The number of furan rings is 1. The van der Waals surface area contributed by atoms with E-state index in [2.05, 4.69) is 0 Å². The van der Waals surface area contributed by atoms with Crippen LogP contribution in [-0.2, 0) is 9.53 Å².